The molecule has 1 aromatic carbocycles. The number of ether oxygens (including phenoxy) is 1. The SMILES string of the molecule is O=C(Nc1ccc(I)c(Br)n1)OCc1ccccc1. The summed E-state index contributed by atoms with van der Waals surface area (Å²) in [7, 11) is 0. The van der Waals surface area contributed by atoms with E-state index in [1.165, 1.54) is 0 Å². The van der Waals surface area contributed by atoms with Gasteiger partial charge in [-0.15, -0.1) is 0 Å². The van der Waals surface area contributed by atoms with Crippen LogP contribution in [0.2, 0.25) is 0 Å². The van der Waals surface area contributed by atoms with Gasteiger partial charge >= 0.3 is 6.09 Å². The summed E-state index contributed by atoms with van der Waals surface area (Å²) in [5.74, 6) is 0.449. The van der Waals surface area contributed by atoms with Gasteiger partial charge in [0.05, 0.1) is 0 Å². The fourth-order valence-electron chi connectivity index (χ4n) is 1.35. The van der Waals surface area contributed by atoms with Crippen molar-refractivity contribution < 1.29 is 9.53 Å². The molecule has 0 unspecified atom stereocenters. The maximum Gasteiger partial charge on any atom is 0.413 e. The van der Waals surface area contributed by atoms with Crippen LogP contribution in [-0.2, 0) is 11.3 Å². The van der Waals surface area contributed by atoms with Gasteiger partial charge in [0.25, 0.3) is 0 Å². The molecular weight excluding hydrogens is 423 g/mol. The monoisotopic (exact) mass is 432 g/mol. The molecule has 2 rings (SSSR count). The van der Waals surface area contributed by atoms with Gasteiger partial charge in [-0.2, -0.15) is 0 Å². The highest BCUT2D eigenvalue weighted by Crippen LogP contribution is 2.18. The summed E-state index contributed by atoms with van der Waals surface area (Å²) in [4.78, 5) is 15.8. The summed E-state index contributed by atoms with van der Waals surface area (Å²) in [6.45, 7) is 0.234. The number of pyridine rings is 1. The molecule has 0 aliphatic heterocycles. The number of nitrogens with one attached hydrogen (secondary N) is 1. The number of benzene rings is 1. The average molecular weight is 433 g/mol. The summed E-state index contributed by atoms with van der Waals surface area (Å²) in [6, 6.07) is 13.1. The van der Waals surface area contributed by atoms with Gasteiger partial charge in [-0.1, -0.05) is 30.3 Å². The summed E-state index contributed by atoms with van der Waals surface area (Å²) in [6.07, 6.45) is -0.524. The first-order valence-corrected chi connectivity index (χ1v) is 7.32. The highest BCUT2D eigenvalue weighted by Gasteiger charge is 2.06. The molecule has 1 heterocycles. The minimum absolute atomic E-state index is 0.234. The Bertz CT molecular complexity index is 578. The van der Waals surface area contributed by atoms with Gasteiger partial charge in [0.1, 0.15) is 17.0 Å². The maximum absolute atomic E-state index is 11.6. The lowest BCUT2D eigenvalue weighted by Crippen LogP contribution is -2.14. The third kappa shape index (κ3) is 4.46. The van der Waals surface area contributed by atoms with Gasteiger partial charge in [-0.3, -0.25) is 5.32 Å². The van der Waals surface area contributed by atoms with Crippen LogP contribution in [0.15, 0.2) is 47.1 Å². The molecule has 2 aromatic rings. The van der Waals surface area contributed by atoms with Crippen LogP contribution in [0.4, 0.5) is 10.6 Å². The molecule has 4 nitrogen and oxygen atoms in total. The van der Waals surface area contributed by atoms with E-state index < -0.39 is 6.09 Å². The van der Waals surface area contributed by atoms with E-state index >= 15 is 0 Å². The van der Waals surface area contributed by atoms with Crippen molar-refractivity contribution in [3.05, 3.63) is 56.2 Å². The van der Waals surface area contributed by atoms with E-state index in [2.05, 4.69) is 48.8 Å². The molecule has 1 N–H and O–H groups in total. The molecule has 98 valence electrons. The predicted molar refractivity (Wildman–Crippen MR) is 84.9 cm³/mol. The van der Waals surface area contributed by atoms with Crippen LogP contribution in [-0.4, -0.2) is 11.1 Å². The van der Waals surface area contributed by atoms with Gasteiger partial charge in [-0.05, 0) is 56.2 Å². The Morgan fingerprint density at radius 3 is 2.68 bits per heavy atom. The van der Waals surface area contributed by atoms with E-state index in [9.17, 15) is 4.79 Å². The number of halogens is 2. The fourth-order valence-corrected chi connectivity index (χ4v) is 1.97. The van der Waals surface area contributed by atoms with Gasteiger partial charge in [0, 0.05) is 3.57 Å². The Kier molecular flexibility index (Phi) is 5.15. The molecule has 0 aliphatic carbocycles. The number of hydrogen-bond donors (Lipinski definition) is 1. The number of rotatable bonds is 3. The van der Waals surface area contributed by atoms with Crippen molar-refractivity contribution in [2.24, 2.45) is 0 Å². The second-order valence-corrected chi connectivity index (χ2v) is 5.57. The summed E-state index contributed by atoms with van der Waals surface area (Å²) < 4.78 is 6.76. The standard InChI is InChI=1S/C13H10BrIN2O2/c14-12-10(15)6-7-11(16-12)17-13(18)19-8-9-4-2-1-3-5-9/h1-7H,8H2,(H,16,17,18). The Hall–Kier alpha value is -1.15. The van der Waals surface area contributed by atoms with Crippen molar-refractivity contribution in [1.29, 1.82) is 0 Å². The van der Waals surface area contributed by atoms with Crippen LogP contribution in [0.25, 0.3) is 0 Å². The average Bonchev–Trinajstić information content (AvgIpc) is 2.42. The molecule has 19 heavy (non-hydrogen) atoms. The van der Waals surface area contributed by atoms with Crippen LogP contribution >= 0.6 is 38.5 Å². The number of carbonyl (C=O) groups excluding carboxylic acids is 1. The number of amides is 1. The number of aromatic nitrogens is 1. The normalized spacial score (nSPS) is 10.0. The highest BCUT2D eigenvalue weighted by atomic mass is 127. The first kappa shape index (κ1) is 14.3. The Morgan fingerprint density at radius 2 is 2.00 bits per heavy atom. The van der Waals surface area contributed by atoms with E-state index in [1.54, 1.807) is 6.07 Å². The van der Waals surface area contributed by atoms with E-state index in [1.807, 2.05) is 36.4 Å². The van der Waals surface area contributed by atoms with Crippen molar-refractivity contribution in [3.63, 3.8) is 0 Å². The quantitative estimate of drug-likeness (QED) is 0.584. The smallest absolute Gasteiger partial charge is 0.413 e. The second-order valence-electron chi connectivity index (χ2n) is 3.66. The van der Waals surface area contributed by atoms with Gasteiger partial charge < -0.3 is 4.74 Å². The van der Waals surface area contributed by atoms with E-state index in [0.717, 1.165) is 9.13 Å². The molecular formula is C13H10BrIN2O2. The summed E-state index contributed by atoms with van der Waals surface area (Å²) in [5, 5.41) is 2.57. The highest BCUT2D eigenvalue weighted by molar-refractivity contribution is 14.1. The molecule has 6 heteroatoms. The van der Waals surface area contributed by atoms with Crippen LogP contribution in [0.3, 0.4) is 0 Å². The molecule has 0 fully saturated rings. The molecule has 0 spiro atoms. The zero-order chi connectivity index (χ0) is 13.7. The largest absolute Gasteiger partial charge is 0.444 e. The molecule has 0 saturated carbocycles. The number of nitrogens with zero attached hydrogens (tertiary/aromatic N) is 1. The van der Waals surface area contributed by atoms with Crippen LogP contribution in [0.5, 0.6) is 0 Å². The molecule has 1 amide bonds. The number of hydrogen-bond acceptors (Lipinski definition) is 3. The maximum atomic E-state index is 11.6. The molecule has 0 atom stereocenters. The third-order valence-corrected chi connectivity index (χ3v) is 4.46. The Labute approximate surface area is 132 Å². The minimum atomic E-state index is -0.524. The van der Waals surface area contributed by atoms with Gasteiger partial charge in [0.15, 0.2) is 0 Å². The zero-order valence-electron chi connectivity index (χ0n) is 9.77. The predicted octanol–water partition coefficient (Wildman–Crippen LogP) is 4.20. The van der Waals surface area contributed by atoms with Gasteiger partial charge in [-0.25, -0.2) is 9.78 Å². The number of anilines is 1. The van der Waals surface area contributed by atoms with E-state index in [-0.39, 0.29) is 6.61 Å². The lowest BCUT2D eigenvalue weighted by Gasteiger charge is -2.07. The third-order valence-electron chi connectivity index (χ3n) is 2.25. The van der Waals surface area contributed by atoms with Crippen molar-refractivity contribution >= 4 is 50.4 Å². The van der Waals surface area contributed by atoms with Crippen molar-refractivity contribution in [1.82, 2.24) is 4.98 Å². The van der Waals surface area contributed by atoms with Crippen molar-refractivity contribution in [2.45, 2.75) is 6.61 Å². The van der Waals surface area contributed by atoms with Crippen LogP contribution < -0.4 is 5.32 Å². The van der Waals surface area contributed by atoms with Crippen LogP contribution in [0.1, 0.15) is 5.56 Å². The van der Waals surface area contributed by atoms with Crippen molar-refractivity contribution in [3.8, 4) is 0 Å². The lowest BCUT2D eigenvalue weighted by atomic mass is 10.2. The van der Waals surface area contributed by atoms with Crippen LogP contribution in [0, 0.1) is 3.57 Å². The summed E-state index contributed by atoms with van der Waals surface area (Å²) in [5.41, 5.74) is 0.939. The summed E-state index contributed by atoms with van der Waals surface area (Å²) >= 11 is 5.45. The molecule has 0 bridgehead atoms. The first-order chi connectivity index (χ1) is 9.15. The topological polar surface area (TPSA) is 51.2 Å². The number of carbonyl (C=O) groups is 1. The fraction of sp³-hybridized carbons (Fsp3) is 0.0769. The minimum Gasteiger partial charge on any atom is -0.444 e. The van der Waals surface area contributed by atoms with E-state index in [4.69, 9.17) is 4.74 Å². The second kappa shape index (κ2) is 6.85. The van der Waals surface area contributed by atoms with Crippen molar-refractivity contribution in [2.75, 3.05) is 5.32 Å². The lowest BCUT2D eigenvalue weighted by molar-refractivity contribution is 0.155. The van der Waals surface area contributed by atoms with Gasteiger partial charge in [0.2, 0.25) is 0 Å². The Morgan fingerprint density at radius 1 is 1.26 bits per heavy atom. The van der Waals surface area contributed by atoms with E-state index in [0.29, 0.717) is 10.4 Å². The molecule has 1 aromatic heterocycles. The molecule has 0 aliphatic rings. The first-order valence-electron chi connectivity index (χ1n) is 5.45. The zero-order valence-corrected chi connectivity index (χ0v) is 13.5. The Balaban J connectivity index is 1.89. The molecule has 0 radical (unpaired) electrons. The molecule has 0 saturated heterocycles.